The third-order valence-corrected chi connectivity index (χ3v) is 3.35. The van der Waals surface area contributed by atoms with Gasteiger partial charge in [-0.25, -0.2) is 5.10 Å². The first-order chi connectivity index (χ1) is 6.84. The van der Waals surface area contributed by atoms with Crippen LogP contribution in [0.15, 0.2) is 5.16 Å². The Morgan fingerprint density at radius 2 is 2.29 bits per heavy atom. The highest BCUT2D eigenvalue weighted by Crippen LogP contribution is 2.23. The molecule has 0 aliphatic carbocycles. The van der Waals surface area contributed by atoms with Gasteiger partial charge in [-0.05, 0) is 18.8 Å². The maximum atomic E-state index is 5.42. The summed E-state index contributed by atoms with van der Waals surface area (Å²) in [5.74, 6) is 2.17. The fourth-order valence-corrected chi connectivity index (χ4v) is 2.42. The standard InChI is InChI=1S/C8H14N4OS/c9-7-10-8(12-11-7)14-5-6-1-3-13-4-2-6/h6H,1-5H2,(H3,9,10,11,12). The first kappa shape index (κ1) is 9.79. The molecule has 0 spiro atoms. The zero-order valence-corrected chi connectivity index (χ0v) is 8.72. The number of aromatic amines is 1. The van der Waals surface area contributed by atoms with Crippen LogP contribution in [0.5, 0.6) is 0 Å². The topological polar surface area (TPSA) is 76.8 Å². The van der Waals surface area contributed by atoms with Gasteiger partial charge in [0.15, 0.2) is 0 Å². The fraction of sp³-hybridized carbons (Fsp3) is 0.750. The molecule has 0 radical (unpaired) electrons. The van der Waals surface area contributed by atoms with E-state index in [1.165, 1.54) is 0 Å². The van der Waals surface area contributed by atoms with Crippen LogP contribution >= 0.6 is 11.8 Å². The summed E-state index contributed by atoms with van der Waals surface area (Å²) in [4.78, 5) is 4.04. The fourth-order valence-electron chi connectivity index (χ4n) is 1.43. The highest BCUT2D eigenvalue weighted by atomic mass is 32.2. The summed E-state index contributed by atoms with van der Waals surface area (Å²) in [5, 5.41) is 7.34. The molecule has 2 heterocycles. The van der Waals surface area contributed by atoms with E-state index in [1.807, 2.05) is 0 Å². The second-order valence-corrected chi connectivity index (χ2v) is 4.36. The Labute approximate surface area is 86.8 Å². The minimum atomic E-state index is 0.388. The molecule has 14 heavy (non-hydrogen) atoms. The molecule has 0 saturated carbocycles. The van der Waals surface area contributed by atoms with Crippen LogP contribution in [0.3, 0.4) is 0 Å². The van der Waals surface area contributed by atoms with Crippen molar-refractivity contribution in [1.29, 1.82) is 0 Å². The van der Waals surface area contributed by atoms with Crippen molar-refractivity contribution >= 4 is 17.7 Å². The number of hydrogen-bond acceptors (Lipinski definition) is 5. The van der Waals surface area contributed by atoms with Gasteiger partial charge in [-0.2, -0.15) is 4.98 Å². The molecule has 0 bridgehead atoms. The SMILES string of the molecule is Nc1nc(SCC2CCOCC2)n[nH]1. The van der Waals surface area contributed by atoms with Crippen LogP contribution in [0.25, 0.3) is 0 Å². The largest absolute Gasteiger partial charge is 0.381 e. The number of nitrogens with zero attached hydrogens (tertiary/aromatic N) is 2. The zero-order valence-electron chi connectivity index (χ0n) is 7.90. The molecular formula is C8H14N4OS. The molecule has 1 saturated heterocycles. The third-order valence-electron chi connectivity index (χ3n) is 2.27. The van der Waals surface area contributed by atoms with Crippen LogP contribution in [-0.4, -0.2) is 34.1 Å². The van der Waals surface area contributed by atoms with Crippen LogP contribution < -0.4 is 5.73 Å². The van der Waals surface area contributed by atoms with Crippen LogP contribution in [-0.2, 0) is 4.74 Å². The predicted molar refractivity (Wildman–Crippen MR) is 55.1 cm³/mol. The number of H-pyrrole nitrogens is 1. The second-order valence-electron chi connectivity index (χ2n) is 3.37. The number of nitrogen functional groups attached to an aromatic ring is 1. The van der Waals surface area contributed by atoms with Gasteiger partial charge in [0.25, 0.3) is 0 Å². The summed E-state index contributed by atoms with van der Waals surface area (Å²) in [6.07, 6.45) is 2.29. The van der Waals surface area contributed by atoms with Crippen molar-refractivity contribution in [1.82, 2.24) is 15.2 Å². The van der Waals surface area contributed by atoms with Crippen molar-refractivity contribution in [2.24, 2.45) is 5.92 Å². The lowest BCUT2D eigenvalue weighted by Gasteiger charge is -2.20. The van der Waals surface area contributed by atoms with Gasteiger partial charge in [-0.3, -0.25) is 0 Å². The average Bonchev–Trinajstić information content (AvgIpc) is 2.63. The highest BCUT2D eigenvalue weighted by Gasteiger charge is 2.14. The number of thioether (sulfide) groups is 1. The van der Waals surface area contributed by atoms with Crippen LogP contribution in [0.1, 0.15) is 12.8 Å². The van der Waals surface area contributed by atoms with E-state index >= 15 is 0 Å². The molecule has 78 valence electrons. The van der Waals surface area contributed by atoms with Crippen molar-refractivity contribution < 1.29 is 4.74 Å². The molecule has 1 aliphatic rings. The number of anilines is 1. The molecule has 0 unspecified atom stereocenters. The number of aromatic nitrogens is 3. The van der Waals surface area contributed by atoms with E-state index < -0.39 is 0 Å². The Bertz CT molecular complexity index is 285. The van der Waals surface area contributed by atoms with Gasteiger partial charge >= 0.3 is 0 Å². The minimum Gasteiger partial charge on any atom is -0.381 e. The van der Waals surface area contributed by atoms with Gasteiger partial charge in [0.2, 0.25) is 11.1 Å². The molecule has 3 N–H and O–H groups in total. The van der Waals surface area contributed by atoms with E-state index in [9.17, 15) is 0 Å². The lowest BCUT2D eigenvalue weighted by molar-refractivity contribution is 0.0728. The van der Waals surface area contributed by atoms with E-state index in [2.05, 4.69) is 15.2 Å². The van der Waals surface area contributed by atoms with Crippen molar-refractivity contribution in [3.8, 4) is 0 Å². The van der Waals surface area contributed by atoms with Crippen molar-refractivity contribution in [3.05, 3.63) is 0 Å². The monoisotopic (exact) mass is 214 g/mol. The molecule has 0 aromatic carbocycles. The van der Waals surface area contributed by atoms with Gasteiger partial charge in [-0.15, -0.1) is 5.10 Å². The number of ether oxygens (including phenoxy) is 1. The van der Waals surface area contributed by atoms with Crippen LogP contribution in [0, 0.1) is 5.92 Å². The van der Waals surface area contributed by atoms with E-state index in [0.29, 0.717) is 5.95 Å². The van der Waals surface area contributed by atoms with E-state index in [-0.39, 0.29) is 0 Å². The van der Waals surface area contributed by atoms with Gasteiger partial charge in [0.05, 0.1) is 0 Å². The maximum Gasteiger partial charge on any atom is 0.216 e. The second kappa shape index (κ2) is 4.65. The summed E-state index contributed by atoms with van der Waals surface area (Å²) in [7, 11) is 0. The van der Waals surface area contributed by atoms with E-state index in [0.717, 1.165) is 42.9 Å². The smallest absolute Gasteiger partial charge is 0.216 e. The van der Waals surface area contributed by atoms with E-state index in [4.69, 9.17) is 10.5 Å². The summed E-state index contributed by atoms with van der Waals surface area (Å²) in [6, 6.07) is 0. The molecule has 1 fully saturated rings. The summed E-state index contributed by atoms with van der Waals surface area (Å²) < 4.78 is 5.29. The van der Waals surface area contributed by atoms with Crippen molar-refractivity contribution in [3.63, 3.8) is 0 Å². The number of nitrogens with two attached hydrogens (primary N) is 1. The predicted octanol–water partition coefficient (Wildman–Crippen LogP) is 0.906. The summed E-state index contributed by atoms with van der Waals surface area (Å²) >= 11 is 1.66. The Balaban J connectivity index is 1.76. The molecule has 1 aromatic rings. The maximum absolute atomic E-state index is 5.42. The van der Waals surface area contributed by atoms with E-state index in [1.54, 1.807) is 11.8 Å². The van der Waals surface area contributed by atoms with Crippen LogP contribution in [0.2, 0.25) is 0 Å². The molecule has 0 atom stereocenters. The Hall–Kier alpha value is -0.750. The molecule has 0 amide bonds. The molecular weight excluding hydrogens is 200 g/mol. The van der Waals surface area contributed by atoms with Crippen molar-refractivity contribution in [2.45, 2.75) is 18.0 Å². The average molecular weight is 214 g/mol. The van der Waals surface area contributed by atoms with Gasteiger partial charge < -0.3 is 10.5 Å². The summed E-state index contributed by atoms with van der Waals surface area (Å²) in [5.41, 5.74) is 5.42. The lowest BCUT2D eigenvalue weighted by atomic mass is 10.0. The molecule has 6 heteroatoms. The first-order valence-corrected chi connectivity index (χ1v) is 5.71. The molecule has 2 rings (SSSR count). The van der Waals surface area contributed by atoms with Gasteiger partial charge in [0.1, 0.15) is 0 Å². The Kier molecular flexibility index (Phi) is 3.26. The number of rotatable bonds is 3. The first-order valence-electron chi connectivity index (χ1n) is 4.73. The third kappa shape index (κ3) is 2.62. The molecule has 5 nitrogen and oxygen atoms in total. The number of hydrogen-bond donors (Lipinski definition) is 2. The normalized spacial score (nSPS) is 18.6. The Morgan fingerprint density at radius 3 is 2.93 bits per heavy atom. The number of nitrogens with one attached hydrogen (secondary N) is 1. The van der Waals surface area contributed by atoms with Gasteiger partial charge in [-0.1, -0.05) is 11.8 Å². The molecule has 1 aromatic heterocycles. The Morgan fingerprint density at radius 1 is 1.50 bits per heavy atom. The quantitative estimate of drug-likeness (QED) is 0.731. The van der Waals surface area contributed by atoms with Gasteiger partial charge in [0, 0.05) is 19.0 Å². The lowest BCUT2D eigenvalue weighted by Crippen LogP contribution is -2.17. The van der Waals surface area contributed by atoms with Crippen molar-refractivity contribution in [2.75, 3.05) is 24.7 Å². The zero-order chi connectivity index (χ0) is 9.80. The minimum absolute atomic E-state index is 0.388. The summed E-state index contributed by atoms with van der Waals surface area (Å²) in [6.45, 7) is 1.78. The molecule has 1 aliphatic heterocycles. The van der Waals surface area contributed by atoms with Crippen LogP contribution in [0.4, 0.5) is 5.95 Å². The highest BCUT2D eigenvalue weighted by molar-refractivity contribution is 7.99.